The van der Waals surface area contributed by atoms with Gasteiger partial charge >= 0.3 is 0 Å². The second-order valence-corrected chi connectivity index (χ2v) is 5.14. The van der Waals surface area contributed by atoms with E-state index in [4.69, 9.17) is 11.6 Å². The molecule has 1 unspecified atom stereocenters. The molecule has 0 heterocycles. The molecule has 1 aromatic rings. The predicted octanol–water partition coefficient (Wildman–Crippen LogP) is 3.83. The summed E-state index contributed by atoms with van der Waals surface area (Å²) in [5, 5.41) is 4.39. The average Bonchev–Trinajstić information content (AvgIpc) is 3.08. The summed E-state index contributed by atoms with van der Waals surface area (Å²) in [5.74, 6) is 1.54. The number of hydrogen-bond acceptors (Lipinski definition) is 1. The van der Waals surface area contributed by atoms with Gasteiger partial charge < -0.3 is 5.32 Å². The van der Waals surface area contributed by atoms with Crippen LogP contribution in [0.25, 0.3) is 0 Å². The Morgan fingerprint density at radius 2 is 2.25 bits per heavy atom. The molecule has 1 aromatic carbocycles. The lowest BCUT2D eigenvalue weighted by Gasteiger charge is -2.17. The molecule has 2 rings (SSSR count). The maximum Gasteiger partial charge on any atom is 0.0408 e. The van der Waals surface area contributed by atoms with Gasteiger partial charge in [-0.25, -0.2) is 0 Å². The van der Waals surface area contributed by atoms with Gasteiger partial charge in [-0.15, -0.1) is 0 Å². The molecule has 0 amide bonds. The quantitative estimate of drug-likeness (QED) is 0.742. The smallest absolute Gasteiger partial charge is 0.0408 e. The normalized spacial score (nSPS) is 17.4. The first-order valence-corrected chi connectivity index (χ1v) is 6.65. The summed E-state index contributed by atoms with van der Waals surface area (Å²) >= 11 is 6.05. The summed E-state index contributed by atoms with van der Waals surface area (Å²) < 4.78 is 0. The highest BCUT2D eigenvalue weighted by Gasteiger charge is 2.31. The van der Waals surface area contributed by atoms with Crippen molar-refractivity contribution in [3.63, 3.8) is 0 Å². The van der Waals surface area contributed by atoms with Crippen LogP contribution in [0.1, 0.15) is 37.7 Å². The zero-order valence-electron chi connectivity index (χ0n) is 9.88. The third kappa shape index (κ3) is 3.23. The largest absolute Gasteiger partial charge is 0.316 e. The Labute approximate surface area is 103 Å². The molecule has 1 aliphatic rings. The molecule has 0 bridgehead atoms. The highest BCUT2D eigenvalue weighted by atomic mass is 35.5. The van der Waals surface area contributed by atoms with Crippen LogP contribution in [0.2, 0.25) is 5.02 Å². The van der Waals surface area contributed by atoms with Crippen LogP contribution in [0.3, 0.4) is 0 Å². The number of hydrogen-bond donors (Lipinski definition) is 1. The molecule has 0 radical (unpaired) electrons. The van der Waals surface area contributed by atoms with Crippen LogP contribution >= 0.6 is 11.6 Å². The zero-order valence-corrected chi connectivity index (χ0v) is 10.6. The Kier molecular flexibility index (Phi) is 4.25. The first-order valence-electron chi connectivity index (χ1n) is 6.27. The zero-order chi connectivity index (χ0) is 11.4. The SMILES string of the molecule is CCCNCC(c1cccc(Cl)c1)C1CC1. The van der Waals surface area contributed by atoms with E-state index >= 15 is 0 Å². The van der Waals surface area contributed by atoms with Crippen LogP contribution in [0.15, 0.2) is 24.3 Å². The van der Waals surface area contributed by atoms with Crippen molar-refractivity contribution in [2.24, 2.45) is 5.92 Å². The van der Waals surface area contributed by atoms with Gasteiger partial charge in [0, 0.05) is 11.6 Å². The van der Waals surface area contributed by atoms with Crippen LogP contribution in [0, 0.1) is 5.92 Å². The molecule has 1 nitrogen and oxygen atoms in total. The van der Waals surface area contributed by atoms with E-state index in [1.807, 2.05) is 6.07 Å². The Hall–Kier alpha value is -0.530. The van der Waals surface area contributed by atoms with Gasteiger partial charge in [0.25, 0.3) is 0 Å². The molecule has 0 aliphatic heterocycles. The standard InChI is InChI=1S/C14H20ClN/c1-2-8-16-10-14(11-6-7-11)12-4-3-5-13(15)9-12/h3-5,9,11,14,16H,2,6-8,10H2,1H3. The van der Waals surface area contributed by atoms with Gasteiger partial charge in [-0.2, -0.15) is 0 Å². The van der Waals surface area contributed by atoms with Crippen LogP contribution < -0.4 is 5.32 Å². The molecule has 1 fully saturated rings. The number of benzene rings is 1. The predicted molar refractivity (Wildman–Crippen MR) is 70.1 cm³/mol. The number of halogens is 1. The van der Waals surface area contributed by atoms with Crippen molar-refractivity contribution >= 4 is 11.6 Å². The highest BCUT2D eigenvalue weighted by molar-refractivity contribution is 6.30. The van der Waals surface area contributed by atoms with Crippen molar-refractivity contribution in [1.82, 2.24) is 5.32 Å². The van der Waals surface area contributed by atoms with Crippen LogP contribution in [0.4, 0.5) is 0 Å². The lowest BCUT2D eigenvalue weighted by Crippen LogP contribution is -2.23. The van der Waals surface area contributed by atoms with Gasteiger partial charge in [0.2, 0.25) is 0 Å². The fourth-order valence-electron chi connectivity index (χ4n) is 2.23. The minimum absolute atomic E-state index is 0.658. The van der Waals surface area contributed by atoms with Gasteiger partial charge in [0.05, 0.1) is 0 Å². The van der Waals surface area contributed by atoms with E-state index < -0.39 is 0 Å². The van der Waals surface area contributed by atoms with Gasteiger partial charge in [-0.3, -0.25) is 0 Å². The summed E-state index contributed by atoms with van der Waals surface area (Å²) in [6, 6.07) is 8.35. The molecular formula is C14H20ClN. The van der Waals surface area contributed by atoms with Gasteiger partial charge in [-0.05, 0) is 55.3 Å². The first kappa shape index (κ1) is 11.9. The molecule has 16 heavy (non-hydrogen) atoms. The topological polar surface area (TPSA) is 12.0 Å². The fraction of sp³-hybridized carbons (Fsp3) is 0.571. The third-order valence-electron chi connectivity index (χ3n) is 3.26. The first-order chi connectivity index (χ1) is 7.81. The molecule has 1 atom stereocenters. The second-order valence-electron chi connectivity index (χ2n) is 4.70. The van der Waals surface area contributed by atoms with Crippen molar-refractivity contribution in [2.45, 2.75) is 32.1 Å². The minimum atomic E-state index is 0.658. The van der Waals surface area contributed by atoms with E-state index in [0.717, 1.165) is 24.0 Å². The summed E-state index contributed by atoms with van der Waals surface area (Å²) in [7, 11) is 0. The van der Waals surface area contributed by atoms with E-state index in [1.54, 1.807) is 0 Å². The molecule has 0 aromatic heterocycles. The Balaban J connectivity index is 2.01. The molecule has 1 saturated carbocycles. The van der Waals surface area contributed by atoms with Crippen molar-refractivity contribution in [3.05, 3.63) is 34.9 Å². The second kappa shape index (κ2) is 5.70. The molecule has 1 aliphatic carbocycles. The summed E-state index contributed by atoms with van der Waals surface area (Å²) in [4.78, 5) is 0. The summed E-state index contributed by atoms with van der Waals surface area (Å²) in [6.45, 7) is 4.42. The Morgan fingerprint density at radius 1 is 1.44 bits per heavy atom. The van der Waals surface area contributed by atoms with Gasteiger partial charge in [0.1, 0.15) is 0 Å². The lowest BCUT2D eigenvalue weighted by atomic mass is 9.94. The van der Waals surface area contributed by atoms with E-state index in [1.165, 1.54) is 24.8 Å². The van der Waals surface area contributed by atoms with Crippen LogP contribution in [-0.4, -0.2) is 13.1 Å². The van der Waals surface area contributed by atoms with Crippen molar-refractivity contribution in [1.29, 1.82) is 0 Å². The van der Waals surface area contributed by atoms with Crippen molar-refractivity contribution < 1.29 is 0 Å². The Morgan fingerprint density at radius 3 is 2.88 bits per heavy atom. The molecule has 1 N–H and O–H groups in total. The fourth-order valence-corrected chi connectivity index (χ4v) is 2.43. The highest BCUT2D eigenvalue weighted by Crippen LogP contribution is 2.42. The molecule has 0 spiro atoms. The van der Waals surface area contributed by atoms with Gasteiger partial charge in [0.15, 0.2) is 0 Å². The Bertz CT molecular complexity index is 333. The molecular weight excluding hydrogens is 218 g/mol. The van der Waals surface area contributed by atoms with E-state index in [9.17, 15) is 0 Å². The number of nitrogens with one attached hydrogen (secondary N) is 1. The monoisotopic (exact) mass is 237 g/mol. The number of rotatable bonds is 6. The summed E-state index contributed by atoms with van der Waals surface area (Å²) in [5.41, 5.74) is 1.40. The maximum absolute atomic E-state index is 6.05. The minimum Gasteiger partial charge on any atom is -0.316 e. The van der Waals surface area contributed by atoms with Crippen molar-refractivity contribution in [2.75, 3.05) is 13.1 Å². The average molecular weight is 238 g/mol. The molecule has 88 valence electrons. The molecule has 2 heteroatoms. The maximum atomic E-state index is 6.05. The van der Waals surface area contributed by atoms with E-state index in [0.29, 0.717) is 5.92 Å². The van der Waals surface area contributed by atoms with Crippen molar-refractivity contribution in [3.8, 4) is 0 Å². The van der Waals surface area contributed by atoms with Crippen LogP contribution in [0.5, 0.6) is 0 Å². The van der Waals surface area contributed by atoms with E-state index in [2.05, 4.69) is 30.4 Å². The molecule has 0 saturated heterocycles. The van der Waals surface area contributed by atoms with Gasteiger partial charge in [-0.1, -0.05) is 30.7 Å². The lowest BCUT2D eigenvalue weighted by molar-refractivity contribution is 0.534. The van der Waals surface area contributed by atoms with Crippen LogP contribution in [-0.2, 0) is 0 Å². The van der Waals surface area contributed by atoms with E-state index in [-0.39, 0.29) is 0 Å². The summed E-state index contributed by atoms with van der Waals surface area (Å²) in [6.07, 6.45) is 3.96. The third-order valence-corrected chi connectivity index (χ3v) is 3.49.